The van der Waals surface area contributed by atoms with E-state index in [0.717, 1.165) is 12.8 Å². The Morgan fingerprint density at radius 3 is 2.58 bits per heavy atom. The number of carbonyl (C=O) groups is 1. The molecule has 3 heteroatoms. The third kappa shape index (κ3) is 1.78. The van der Waals surface area contributed by atoms with Gasteiger partial charge in [-0.3, -0.25) is 4.79 Å². The lowest BCUT2D eigenvalue weighted by atomic mass is 9.70. The van der Waals surface area contributed by atoms with Crippen molar-refractivity contribution in [3.63, 3.8) is 0 Å². The lowest BCUT2D eigenvalue weighted by molar-refractivity contribution is -0.135. The fourth-order valence-electron chi connectivity index (χ4n) is 1.39. The van der Waals surface area contributed by atoms with Gasteiger partial charge in [-0.15, -0.1) is 0 Å². The fourth-order valence-corrected chi connectivity index (χ4v) is 1.39. The van der Waals surface area contributed by atoms with E-state index in [1.807, 2.05) is 13.8 Å². The van der Waals surface area contributed by atoms with Gasteiger partial charge >= 0.3 is 0 Å². The van der Waals surface area contributed by atoms with Crippen LogP contribution < -0.4 is 11.1 Å². The summed E-state index contributed by atoms with van der Waals surface area (Å²) >= 11 is 0. The van der Waals surface area contributed by atoms with E-state index >= 15 is 0 Å². The largest absolute Gasteiger partial charge is 0.352 e. The minimum Gasteiger partial charge on any atom is -0.352 e. The Kier molecular flexibility index (Phi) is 2.73. The summed E-state index contributed by atoms with van der Waals surface area (Å²) in [5.74, 6) is 0.173. The molecule has 1 aliphatic carbocycles. The summed E-state index contributed by atoms with van der Waals surface area (Å²) in [6.45, 7) is 4.47. The van der Waals surface area contributed by atoms with Crippen LogP contribution in [-0.2, 0) is 4.79 Å². The van der Waals surface area contributed by atoms with Gasteiger partial charge in [0, 0.05) is 18.0 Å². The minimum atomic E-state index is -0.0938. The minimum absolute atomic E-state index is 0.0938. The SMILES string of the molecule is C[C@@H](CN)NC(=O)C1(C)CCC1. The van der Waals surface area contributed by atoms with Gasteiger partial charge in [-0.25, -0.2) is 0 Å². The monoisotopic (exact) mass is 170 g/mol. The Bertz CT molecular complexity index is 175. The Hall–Kier alpha value is -0.570. The molecule has 3 nitrogen and oxygen atoms in total. The molecule has 0 heterocycles. The summed E-state index contributed by atoms with van der Waals surface area (Å²) in [5, 5.41) is 2.91. The van der Waals surface area contributed by atoms with E-state index in [9.17, 15) is 4.79 Å². The summed E-state index contributed by atoms with van der Waals surface area (Å²) in [6.07, 6.45) is 3.23. The molecule has 0 aromatic carbocycles. The second kappa shape index (κ2) is 3.44. The van der Waals surface area contributed by atoms with Crippen LogP contribution in [-0.4, -0.2) is 18.5 Å². The van der Waals surface area contributed by atoms with E-state index in [-0.39, 0.29) is 17.4 Å². The Morgan fingerprint density at radius 2 is 2.25 bits per heavy atom. The molecule has 0 saturated heterocycles. The van der Waals surface area contributed by atoms with Crippen molar-refractivity contribution in [2.45, 2.75) is 39.2 Å². The highest BCUT2D eigenvalue weighted by atomic mass is 16.2. The standard InChI is InChI=1S/C9H18N2O/c1-7(6-10)11-8(12)9(2)4-3-5-9/h7H,3-6,10H2,1-2H3,(H,11,12)/t7-/m0/s1. The van der Waals surface area contributed by atoms with Gasteiger partial charge in [-0.05, 0) is 19.8 Å². The van der Waals surface area contributed by atoms with E-state index in [2.05, 4.69) is 5.32 Å². The highest BCUT2D eigenvalue weighted by Crippen LogP contribution is 2.40. The Labute approximate surface area is 73.7 Å². The molecule has 1 atom stereocenters. The fraction of sp³-hybridized carbons (Fsp3) is 0.889. The molecule has 1 saturated carbocycles. The molecule has 1 fully saturated rings. The highest BCUT2D eigenvalue weighted by molar-refractivity contribution is 5.83. The first-order valence-electron chi connectivity index (χ1n) is 4.59. The maximum absolute atomic E-state index is 11.5. The van der Waals surface area contributed by atoms with E-state index in [1.165, 1.54) is 6.42 Å². The van der Waals surface area contributed by atoms with Crippen LogP contribution in [0.4, 0.5) is 0 Å². The lowest BCUT2D eigenvalue weighted by Gasteiger charge is -2.37. The van der Waals surface area contributed by atoms with Crippen molar-refractivity contribution in [1.82, 2.24) is 5.32 Å². The molecule has 0 unspecified atom stereocenters. The molecule has 0 aliphatic heterocycles. The van der Waals surface area contributed by atoms with Gasteiger partial charge in [0.1, 0.15) is 0 Å². The van der Waals surface area contributed by atoms with Crippen LogP contribution in [0.5, 0.6) is 0 Å². The summed E-state index contributed by atoms with van der Waals surface area (Å²) < 4.78 is 0. The Balaban J connectivity index is 2.37. The first kappa shape index (κ1) is 9.52. The van der Waals surface area contributed by atoms with Crippen molar-refractivity contribution in [3.05, 3.63) is 0 Å². The van der Waals surface area contributed by atoms with E-state index in [1.54, 1.807) is 0 Å². The molecule has 0 spiro atoms. The van der Waals surface area contributed by atoms with Crippen molar-refractivity contribution < 1.29 is 4.79 Å². The molecule has 0 aromatic rings. The van der Waals surface area contributed by atoms with Gasteiger partial charge in [0.15, 0.2) is 0 Å². The maximum atomic E-state index is 11.5. The molecule has 1 amide bonds. The summed E-state index contributed by atoms with van der Waals surface area (Å²) in [5.41, 5.74) is 5.31. The number of hydrogen-bond acceptors (Lipinski definition) is 2. The van der Waals surface area contributed by atoms with Crippen molar-refractivity contribution in [2.24, 2.45) is 11.1 Å². The van der Waals surface area contributed by atoms with Crippen LogP contribution in [0.2, 0.25) is 0 Å². The highest BCUT2D eigenvalue weighted by Gasteiger charge is 2.39. The van der Waals surface area contributed by atoms with Gasteiger partial charge in [0.05, 0.1) is 0 Å². The van der Waals surface area contributed by atoms with Gasteiger partial charge in [0.2, 0.25) is 5.91 Å². The zero-order chi connectivity index (χ0) is 9.19. The molecule has 0 radical (unpaired) electrons. The van der Waals surface area contributed by atoms with E-state index in [0.29, 0.717) is 6.54 Å². The van der Waals surface area contributed by atoms with Crippen LogP contribution in [0.1, 0.15) is 33.1 Å². The number of nitrogens with one attached hydrogen (secondary N) is 1. The predicted molar refractivity (Wildman–Crippen MR) is 48.6 cm³/mol. The van der Waals surface area contributed by atoms with Crippen LogP contribution >= 0.6 is 0 Å². The molecular formula is C9H18N2O. The van der Waals surface area contributed by atoms with Gasteiger partial charge in [0.25, 0.3) is 0 Å². The van der Waals surface area contributed by atoms with Crippen LogP contribution in [0.3, 0.4) is 0 Å². The molecule has 3 N–H and O–H groups in total. The van der Waals surface area contributed by atoms with E-state index < -0.39 is 0 Å². The van der Waals surface area contributed by atoms with Gasteiger partial charge in [-0.1, -0.05) is 13.3 Å². The van der Waals surface area contributed by atoms with Crippen molar-refractivity contribution in [3.8, 4) is 0 Å². The number of amides is 1. The van der Waals surface area contributed by atoms with Crippen LogP contribution in [0.15, 0.2) is 0 Å². The predicted octanol–water partition coefficient (Wildman–Crippen LogP) is 0.640. The summed E-state index contributed by atoms with van der Waals surface area (Å²) in [6, 6.07) is 0.106. The smallest absolute Gasteiger partial charge is 0.226 e. The second-order valence-electron chi connectivity index (χ2n) is 4.02. The lowest BCUT2D eigenvalue weighted by Crippen LogP contribution is -2.48. The molecular weight excluding hydrogens is 152 g/mol. The normalized spacial score (nSPS) is 22.6. The first-order chi connectivity index (χ1) is 5.58. The van der Waals surface area contributed by atoms with Gasteiger partial charge < -0.3 is 11.1 Å². The third-order valence-electron chi connectivity index (χ3n) is 2.74. The molecule has 0 aromatic heterocycles. The number of hydrogen-bond donors (Lipinski definition) is 2. The Morgan fingerprint density at radius 1 is 1.67 bits per heavy atom. The summed E-state index contributed by atoms with van der Waals surface area (Å²) in [7, 11) is 0. The van der Waals surface area contributed by atoms with Crippen LogP contribution in [0.25, 0.3) is 0 Å². The average Bonchev–Trinajstić information content (AvgIpc) is 1.99. The molecule has 12 heavy (non-hydrogen) atoms. The second-order valence-corrected chi connectivity index (χ2v) is 4.02. The average molecular weight is 170 g/mol. The zero-order valence-electron chi connectivity index (χ0n) is 7.89. The molecule has 1 rings (SSSR count). The summed E-state index contributed by atoms with van der Waals surface area (Å²) in [4.78, 5) is 11.5. The quantitative estimate of drug-likeness (QED) is 0.653. The van der Waals surface area contributed by atoms with Crippen molar-refractivity contribution in [2.75, 3.05) is 6.54 Å². The number of nitrogens with two attached hydrogens (primary N) is 1. The van der Waals surface area contributed by atoms with Gasteiger partial charge in [-0.2, -0.15) is 0 Å². The molecule has 70 valence electrons. The van der Waals surface area contributed by atoms with Crippen LogP contribution in [0, 0.1) is 5.41 Å². The van der Waals surface area contributed by atoms with Crippen molar-refractivity contribution in [1.29, 1.82) is 0 Å². The van der Waals surface area contributed by atoms with Crippen molar-refractivity contribution >= 4 is 5.91 Å². The van der Waals surface area contributed by atoms with E-state index in [4.69, 9.17) is 5.73 Å². The first-order valence-corrected chi connectivity index (χ1v) is 4.59. The third-order valence-corrected chi connectivity index (χ3v) is 2.74. The maximum Gasteiger partial charge on any atom is 0.226 e. The topological polar surface area (TPSA) is 55.1 Å². The number of rotatable bonds is 3. The molecule has 1 aliphatic rings. The zero-order valence-corrected chi connectivity index (χ0v) is 7.89. The molecule has 0 bridgehead atoms. The number of carbonyl (C=O) groups excluding carboxylic acids is 1.